The predicted octanol–water partition coefficient (Wildman–Crippen LogP) is 3.36. The molecule has 0 radical (unpaired) electrons. The second kappa shape index (κ2) is 22.0. The van der Waals surface area contributed by atoms with Crippen molar-refractivity contribution in [2.24, 2.45) is 11.5 Å². The molecule has 4 aromatic rings. The number of hydrogen-bond acceptors (Lipinski definition) is 10. The number of nitrogens with one attached hydrogen (secondary N) is 2. The third-order valence-corrected chi connectivity index (χ3v) is 9.87. The van der Waals surface area contributed by atoms with Crippen LogP contribution in [0, 0.1) is 0 Å². The number of benzene rings is 2. The van der Waals surface area contributed by atoms with Crippen molar-refractivity contribution in [3.63, 3.8) is 0 Å². The molecule has 2 aromatic carbocycles. The Morgan fingerprint density at radius 1 is 0.460 bits per heavy atom. The van der Waals surface area contributed by atoms with Crippen molar-refractivity contribution in [2.45, 2.75) is 38.8 Å². The minimum absolute atomic E-state index is 0.813. The van der Waals surface area contributed by atoms with Crippen LogP contribution in [0.2, 0.25) is 0 Å². The van der Waals surface area contributed by atoms with E-state index in [9.17, 15) is 0 Å². The number of pyridine rings is 2. The average molecular weight is 683 g/mol. The lowest BCUT2D eigenvalue weighted by Crippen LogP contribution is -2.47. The van der Waals surface area contributed by atoms with Crippen LogP contribution >= 0.6 is 0 Å². The van der Waals surface area contributed by atoms with Crippen molar-refractivity contribution in [3.8, 4) is 0 Å². The summed E-state index contributed by atoms with van der Waals surface area (Å²) in [5.74, 6) is 0. The highest BCUT2D eigenvalue weighted by molar-refractivity contribution is 5.79. The Bertz CT molecular complexity index is 1390. The molecule has 0 atom stereocenters. The summed E-state index contributed by atoms with van der Waals surface area (Å²) in [7, 11) is 0. The van der Waals surface area contributed by atoms with Crippen LogP contribution in [0.25, 0.3) is 21.8 Å². The Kier molecular flexibility index (Phi) is 16.8. The largest absolute Gasteiger partial charge is 0.330 e. The highest BCUT2D eigenvalue weighted by Gasteiger charge is 2.16. The van der Waals surface area contributed by atoms with Crippen molar-refractivity contribution < 1.29 is 0 Å². The monoisotopic (exact) mass is 683 g/mol. The molecule has 2 saturated heterocycles. The number of para-hydroxylation sites is 2. The standard InChI is InChI=1S/C30H38N6.C10H24N4/c1-3-9-29-25(7-1)11-13-27(33-29)23-31-15-5-17-35-19-21-36(22-20-35)18-6-16-32-24-28-14-12-26-8-2-4-10-30(26)34-28;11-3-1-5-13-7-9-14(10-8-13)6-2-4-12/h1-4,7-14,31-32H,5-6,15-24H2;1-12H2. The van der Waals surface area contributed by atoms with Gasteiger partial charge < -0.3 is 41.7 Å². The average Bonchev–Trinajstić information content (AvgIpc) is 3.17. The van der Waals surface area contributed by atoms with Crippen LogP contribution in [0.4, 0.5) is 0 Å². The van der Waals surface area contributed by atoms with Gasteiger partial charge in [0.25, 0.3) is 0 Å². The molecule has 6 N–H and O–H groups in total. The summed E-state index contributed by atoms with van der Waals surface area (Å²) in [5, 5.41) is 9.54. The molecule has 0 saturated carbocycles. The molecule has 2 aromatic heterocycles. The summed E-state index contributed by atoms with van der Waals surface area (Å²) in [6, 6.07) is 25.2. The summed E-state index contributed by atoms with van der Waals surface area (Å²) >= 11 is 0. The van der Waals surface area contributed by atoms with Crippen LogP contribution in [0.3, 0.4) is 0 Å². The fourth-order valence-corrected chi connectivity index (χ4v) is 6.80. The van der Waals surface area contributed by atoms with E-state index >= 15 is 0 Å². The first kappa shape index (κ1) is 38.2. The maximum atomic E-state index is 5.49. The zero-order chi connectivity index (χ0) is 34.6. The highest BCUT2D eigenvalue weighted by Crippen LogP contribution is 2.13. The van der Waals surface area contributed by atoms with Gasteiger partial charge in [0.05, 0.1) is 22.4 Å². The second-order valence-electron chi connectivity index (χ2n) is 13.7. The number of rotatable bonds is 18. The molecule has 0 bridgehead atoms. The summed E-state index contributed by atoms with van der Waals surface area (Å²) in [4.78, 5) is 19.7. The Balaban J connectivity index is 0.000000292. The lowest BCUT2D eigenvalue weighted by atomic mass is 10.2. The number of nitrogens with zero attached hydrogens (tertiary/aromatic N) is 6. The zero-order valence-electron chi connectivity index (χ0n) is 30.3. The van der Waals surface area contributed by atoms with Gasteiger partial charge in [0.2, 0.25) is 0 Å². The second-order valence-corrected chi connectivity index (χ2v) is 13.7. The van der Waals surface area contributed by atoms with Crippen molar-refractivity contribution in [2.75, 3.05) is 105 Å². The lowest BCUT2D eigenvalue weighted by Gasteiger charge is -2.34. The van der Waals surface area contributed by atoms with E-state index in [1.807, 2.05) is 12.1 Å². The number of hydrogen-bond donors (Lipinski definition) is 4. The van der Waals surface area contributed by atoms with Gasteiger partial charge in [-0.1, -0.05) is 48.5 Å². The van der Waals surface area contributed by atoms with Gasteiger partial charge in [0.1, 0.15) is 0 Å². The quantitative estimate of drug-likeness (QED) is 0.117. The molecule has 0 unspecified atom stereocenters. The molecule has 50 heavy (non-hydrogen) atoms. The molecule has 2 aliphatic heterocycles. The van der Waals surface area contributed by atoms with Crippen molar-refractivity contribution in [1.82, 2.24) is 40.2 Å². The van der Waals surface area contributed by atoms with E-state index in [2.05, 4.69) is 90.9 Å². The Morgan fingerprint density at radius 3 is 1.20 bits per heavy atom. The lowest BCUT2D eigenvalue weighted by molar-refractivity contribution is 0.130. The summed E-state index contributed by atoms with van der Waals surface area (Å²) in [5.41, 5.74) is 15.4. The zero-order valence-corrected chi connectivity index (χ0v) is 30.3. The van der Waals surface area contributed by atoms with E-state index in [1.165, 1.54) is 102 Å². The summed E-state index contributed by atoms with van der Waals surface area (Å²) in [6.07, 6.45) is 4.62. The van der Waals surface area contributed by atoms with E-state index in [0.717, 1.165) is 74.5 Å². The fraction of sp³-hybridized carbons (Fsp3) is 0.550. The van der Waals surface area contributed by atoms with Crippen LogP contribution < -0.4 is 22.1 Å². The number of nitrogens with two attached hydrogens (primary N) is 2. The number of fused-ring (bicyclic) bond motifs is 2. The molecule has 2 fully saturated rings. The van der Waals surface area contributed by atoms with Gasteiger partial charge in [-0.2, -0.15) is 0 Å². The van der Waals surface area contributed by atoms with Gasteiger partial charge in [-0.25, -0.2) is 0 Å². The van der Waals surface area contributed by atoms with E-state index in [1.54, 1.807) is 0 Å². The third kappa shape index (κ3) is 13.2. The number of aromatic nitrogens is 2. The fourth-order valence-electron chi connectivity index (χ4n) is 6.80. The minimum Gasteiger partial charge on any atom is -0.330 e. The molecule has 0 aliphatic carbocycles. The molecule has 10 nitrogen and oxygen atoms in total. The van der Waals surface area contributed by atoms with Crippen LogP contribution in [0.15, 0.2) is 72.8 Å². The molecule has 4 heterocycles. The molecule has 0 amide bonds. The van der Waals surface area contributed by atoms with Gasteiger partial charge >= 0.3 is 0 Å². The van der Waals surface area contributed by atoms with Crippen LogP contribution in [-0.4, -0.2) is 134 Å². The molecule has 0 spiro atoms. The first-order chi connectivity index (χ1) is 24.7. The Labute approximate surface area is 300 Å². The molecule has 10 heteroatoms. The molecular weight excluding hydrogens is 621 g/mol. The molecule has 6 rings (SSSR count). The van der Waals surface area contributed by atoms with Crippen LogP contribution in [0.5, 0.6) is 0 Å². The van der Waals surface area contributed by atoms with Crippen molar-refractivity contribution in [1.29, 1.82) is 0 Å². The Morgan fingerprint density at radius 2 is 0.820 bits per heavy atom. The number of piperazine rings is 2. The van der Waals surface area contributed by atoms with Gasteiger partial charge in [-0.15, -0.1) is 0 Å². The molecular formula is C40H62N10. The van der Waals surface area contributed by atoms with Gasteiger partial charge in [-0.05, 0) is 102 Å². The summed E-state index contributed by atoms with van der Waals surface area (Å²) in [6.45, 7) is 19.6. The first-order valence-corrected chi connectivity index (χ1v) is 19.1. The van der Waals surface area contributed by atoms with Crippen molar-refractivity contribution in [3.05, 3.63) is 84.2 Å². The van der Waals surface area contributed by atoms with Crippen LogP contribution in [-0.2, 0) is 13.1 Å². The van der Waals surface area contributed by atoms with E-state index in [-0.39, 0.29) is 0 Å². The Hall–Kier alpha value is -3.06. The highest BCUT2D eigenvalue weighted by atomic mass is 15.3. The third-order valence-electron chi connectivity index (χ3n) is 9.87. The van der Waals surface area contributed by atoms with Gasteiger partial charge in [0.15, 0.2) is 0 Å². The maximum Gasteiger partial charge on any atom is 0.0705 e. The van der Waals surface area contributed by atoms with Crippen LogP contribution in [0.1, 0.15) is 37.1 Å². The SMILES string of the molecule is NCCCN1CCN(CCCN)CC1.c1ccc2nc(CNCCCN3CCN(CCCNCc4ccc5ccccc5n4)CC3)ccc2c1. The molecule has 2 aliphatic rings. The topological polar surface area (TPSA) is 115 Å². The normalized spacial score (nSPS) is 16.5. The van der Waals surface area contributed by atoms with Crippen molar-refractivity contribution >= 4 is 21.8 Å². The van der Waals surface area contributed by atoms with E-state index < -0.39 is 0 Å². The maximum absolute atomic E-state index is 5.49. The first-order valence-electron chi connectivity index (χ1n) is 19.1. The van der Waals surface area contributed by atoms with E-state index in [0.29, 0.717) is 0 Å². The van der Waals surface area contributed by atoms with Gasteiger partial charge in [-0.3, -0.25) is 9.97 Å². The van der Waals surface area contributed by atoms with Gasteiger partial charge in [0, 0.05) is 76.2 Å². The summed E-state index contributed by atoms with van der Waals surface area (Å²) < 4.78 is 0. The smallest absolute Gasteiger partial charge is 0.0705 e. The minimum atomic E-state index is 0.813. The van der Waals surface area contributed by atoms with E-state index in [4.69, 9.17) is 21.4 Å². The predicted molar refractivity (Wildman–Crippen MR) is 209 cm³/mol. The molecule has 272 valence electrons.